The summed E-state index contributed by atoms with van der Waals surface area (Å²) in [5.41, 5.74) is 3.45. The van der Waals surface area contributed by atoms with E-state index in [9.17, 15) is 26.3 Å². The molecule has 0 saturated carbocycles. The Bertz CT molecular complexity index is 444. The van der Waals surface area contributed by atoms with Crippen LogP contribution in [0.25, 0.3) is 0 Å². The van der Waals surface area contributed by atoms with E-state index in [1.807, 2.05) is 0 Å². The van der Waals surface area contributed by atoms with Gasteiger partial charge in [0.15, 0.2) is 5.75 Å². The van der Waals surface area contributed by atoms with Gasteiger partial charge in [-0.1, -0.05) is 0 Å². The summed E-state index contributed by atoms with van der Waals surface area (Å²) in [6.07, 6.45) is -9.96. The van der Waals surface area contributed by atoms with Crippen LogP contribution < -0.4 is 10.5 Å². The van der Waals surface area contributed by atoms with Gasteiger partial charge in [-0.3, -0.25) is 4.98 Å². The van der Waals surface area contributed by atoms with Crippen LogP contribution in [0.1, 0.15) is 11.3 Å². The molecule has 18 heavy (non-hydrogen) atoms. The summed E-state index contributed by atoms with van der Waals surface area (Å²) in [4.78, 5) is 3.35. The Labute approximate surface area is 110 Å². The second-order valence-corrected chi connectivity index (χ2v) is 4.09. The van der Waals surface area contributed by atoms with Gasteiger partial charge in [-0.2, -0.15) is 13.2 Å². The number of rotatable bonds is 2. The third-order valence-corrected chi connectivity index (χ3v) is 2.88. The number of hydrogen-bond donors (Lipinski definition) is 1. The number of hydrogen-bond acceptors (Lipinski definition) is 3. The molecule has 2 N–H and O–H groups in total. The van der Waals surface area contributed by atoms with Crippen LogP contribution in [0.15, 0.2) is 6.20 Å². The number of nitrogens with two attached hydrogens (primary N) is 1. The van der Waals surface area contributed by atoms with E-state index in [4.69, 9.17) is 5.73 Å². The number of ether oxygens (including phenoxy) is 1. The molecule has 0 fully saturated rings. The molecule has 0 bridgehead atoms. The number of nitrogens with zero attached hydrogens (tertiary/aromatic N) is 1. The zero-order valence-corrected chi connectivity index (χ0v) is 10.5. The molecule has 0 aliphatic carbocycles. The molecule has 0 amide bonds. The quantitative estimate of drug-likeness (QED) is 0.628. The molecular weight excluding hydrogens is 381 g/mol. The zero-order valence-electron chi connectivity index (χ0n) is 8.36. The molecule has 1 heterocycles. The molecule has 1 aromatic heterocycles. The van der Waals surface area contributed by atoms with Crippen molar-refractivity contribution in [2.24, 2.45) is 5.73 Å². The molecule has 0 saturated heterocycles. The maximum absolute atomic E-state index is 12.5. The van der Waals surface area contributed by atoms with Crippen LogP contribution in [0.2, 0.25) is 0 Å². The molecular formula is C8H5F6IN2O. The molecule has 1 aromatic rings. The fourth-order valence-corrected chi connectivity index (χ4v) is 1.83. The number of halogens is 7. The third kappa shape index (κ3) is 3.60. The number of alkyl halides is 6. The molecule has 102 valence electrons. The fraction of sp³-hybridized carbons (Fsp3) is 0.375. The summed E-state index contributed by atoms with van der Waals surface area (Å²) in [6.45, 7) is -0.301. The molecule has 0 aliphatic heterocycles. The van der Waals surface area contributed by atoms with Gasteiger partial charge >= 0.3 is 12.5 Å². The Morgan fingerprint density at radius 1 is 1.22 bits per heavy atom. The zero-order chi connectivity index (χ0) is 14.1. The van der Waals surface area contributed by atoms with E-state index in [-0.39, 0.29) is 18.4 Å². The van der Waals surface area contributed by atoms with Crippen molar-refractivity contribution in [3.8, 4) is 5.75 Å². The molecule has 1 rings (SSSR count). The van der Waals surface area contributed by atoms with Gasteiger partial charge in [0.1, 0.15) is 5.56 Å². The lowest BCUT2D eigenvalue weighted by Crippen LogP contribution is -2.22. The Kier molecular flexibility index (Phi) is 4.30. The van der Waals surface area contributed by atoms with E-state index in [0.29, 0.717) is 0 Å². The average Bonchev–Trinajstić information content (AvgIpc) is 2.17. The lowest BCUT2D eigenvalue weighted by molar-refractivity contribution is -0.276. The minimum Gasteiger partial charge on any atom is -0.404 e. The van der Waals surface area contributed by atoms with Gasteiger partial charge in [0.25, 0.3) is 0 Å². The number of pyridine rings is 1. The SMILES string of the molecule is NCc1ncc(C(F)(F)F)c(OC(F)(F)F)c1I. The number of aromatic nitrogens is 1. The van der Waals surface area contributed by atoms with E-state index in [1.54, 1.807) is 0 Å². The highest BCUT2D eigenvalue weighted by Gasteiger charge is 2.41. The molecule has 0 aromatic carbocycles. The van der Waals surface area contributed by atoms with Crippen molar-refractivity contribution >= 4 is 22.6 Å². The first-order valence-electron chi connectivity index (χ1n) is 4.26. The predicted molar refractivity (Wildman–Crippen MR) is 56.5 cm³/mol. The Hall–Kier alpha value is -0.780. The van der Waals surface area contributed by atoms with Crippen LogP contribution in [0.3, 0.4) is 0 Å². The van der Waals surface area contributed by atoms with Crippen molar-refractivity contribution in [2.45, 2.75) is 19.1 Å². The summed E-state index contributed by atoms with van der Waals surface area (Å²) in [5.74, 6) is -1.33. The lowest BCUT2D eigenvalue weighted by atomic mass is 10.2. The first-order valence-corrected chi connectivity index (χ1v) is 5.34. The second-order valence-electron chi connectivity index (χ2n) is 3.01. The smallest absolute Gasteiger partial charge is 0.404 e. The Balaban J connectivity index is 3.41. The van der Waals surface area contributed by atoms with Crippen LogP contribution in [-0.4, -0.2) is 11.3 Å². The Morgan fingerprint density at radius 3 is 2.17 bits per heavy atom. The molecule has 3 nitrogen and oxygen atoms in total. The summed E-state index contributed by atoms with van der Waals surface area (Å²) < 4.78 is 76.8. The van der Waals surface area contributed by atoms with Crippen molar-refractivity contribution < 1.29 is 31.1 Å². The molecule has 10 heteroatoms. The van der Waals surface area contributed by atoms with E-state index in [1.165, 1.54) is 22.6 Å². The van der Waals surface area contributed by atoms with E-state index < -0.39 is 27.4 Å². The first kappa shape index (κ1) is 15.3. The standard InChI is InChI=1S/C8H5F6IN2O/c9-7(10,11)3-2-17-4(1-16)5(15)6(3)18-8(12,13)14/h2H,1,16H2. The Morgan fingerprint density at radius 2 is 1.78 bits per heavy atom. The van der Waals surface area contributed by atoms with Gasteiger partial charge in [-0.05, 0) is 22.6 Å². The van der Waals surface area contributed by atoms with E-state index in [0.717, 1.165) is 0 Å². The second kappa shape index (κ2) is 5.07. The normalized spacial score (nSPS) is 12.7. The molecule has 0 unspecified atom stereocenters. The average molecular weight is 386 g/mol. The fourth-order valence-electron chi connectivity index (χ4n) is 1.07. The molecule has 0 aliphatic rings. The van der Waals surface area contributed by atoms with Crippen molar-refractivity contribution in [3.63, 3.8) is 0 Å². The highest BCUT2D eigenvalue weighted by atomic mass is 127. The van der Waals surface area contributed by atoms with Gasteiger partial charge in [0.05, 0.1) is 9.26 Å². The maximum atomic E-state index is 12.5. The van der Waals surface area contributed by atoms with Crippen molar-refractivity contribution in [1.82, 2.24) is 4.98 Å². The molecule has 0 radical (unpaired) electrons. The predicted octanol–water partition coefficient (Wildman–Crippen LogP) is 3.06. The molecule has 0 atom stereocenters. The minimum atomic E-state index is -5.23. The molecule has 0 spiro atoms. The first-order chi connectivity index (χ1) is 8.06. The van der Waals surface area contributed by atoms with Gasteiger partial charge < -0.3 is 10.5 Å². The monoisotopic (exact) mass is 386 g/mol. The van der Waals surface area contributed by atoms with Crippen molar-refractivity contribution in [2.75, 3.05) is 0 Å². The summed E-state index contributed by atoms with van der Waals surface area (Å²) in [5, 5.41) is 0. The van der Waals surface area contributed by atoms with Crippen LogP contribution in [0.4, 0.5) is 26.3 Å². The lowest BCUT2D eigenvalue weighted by Gasteiger charge is -2.17. The topological polar surface area (TPSA) is 48.1 Å². The summed E-state index contributed by atoms with van der Waals surface area (Å²) in [7, 11) is 0. The van der Waals surface area contributed by atoms with Gasteiger partial charge in [-0.25, -0.2) is 0 Å². The van der Waals surface area contributed by atoms with Crippen LogP contribution in [-0.2, 0) is 12.7 Å². The van der Waals surface area contributed by atoms with E-state index in [2.05, 4.69) is 9.72 Å². The third-order valence-electron chi connectivity index (χ3n) is 1.76. The minimum absolute atomic E-state index is 0.108. The van der Waals surface area contributed by atoms with Crippen LogP contribution in [0.5, 0.6) is 5.75 Å². The highest BCUT2D eigenvalue weighted by molar-refractivity contribution is 14.1. The largest absolute Gasteiger partial charge is 0.573 e. The summed E-state index contributed by atoms with van der Waals surface area (Å²) >= 11 is 1.28. The van der Waals surface area contributed by atoms with Crippen LogP contribution >= 0.6 is 22.6 Å². The van der Waals surface area contributed by atoms with Crippen molar-refractivity contribution in [3.05, 3.63) is 21.0 Å². The van der Waals surface area contributed by atoms with Crippen molar-refractivity contribution in [1.29, 1.82) is 0 Å². The van der Waals surface area contributed by atoms with Gasteiger partial charge in [0.2, 0.25) is 0 Å². The van der Waals surface area contributed by atoms with Crippen LogP contribution in [0, 0.1) is 3.57 Å². The summed E-state index contributed by atoms with van der Waals surface area (Å²) in [6, 6.07) is 0. The van der Waals surface area contributed by atoms with Gasteiger partial charge in [-0.15, -0.1) is 13.2 Å². The maximum Gasteiger partial charge on any atom is 0.573 e. The van der Waals surface area contributed by atoms with E-state index >= 15 is 0 Å². The van der Waals surface area contributed by atoms with Gasteiger partial charge in [0, 0.05) is 12.7 Å². The highest BCUT2D eigenvalue weighted by Crippen LogP contribution is 2.41.